The predicted molar refractivity (Wildman–Crippen MR) is 110 cm³/mol. The van der Waals surface area contributed by atoms with Gasteiger partial charge in [0.1, 0.15) is 5.69 Å². The summed E-state index contributed by atoms with van der Waals surface area (Å²) in [7, 11) is 0. The standard InChI is InChI=1S/C23H19F3N4O/c24-23(25,26)17-3-1-2-16(10-17)19-11-20-22(31)29-13-18(8-9-27)30(20)21(19)15-6-4-14(12-28)5-7-15/h1-7,10-11,18H,8-9,13,27H2,(H,29,31). The summed E-state index contributed by atoms with van der Waals surface area (Å²) in [5.41, 5.74) is 8.06. The molecule has 31 heavy (non-hydrogen) atoms. The van der Waals surface area contributed by atoms with Crippen LogP contribution in [0.4, 0.5) is 13.2 Å². The minimum atomic E-state index is -4.48. The molecule has 1 atom stereocenters. The van der Waals surface area contributed by atoms with Crippen LogP contribution in [-0.4, -0.2) is 23.6 Å². The molecule has 1 aliphatic heterocycles. The summed E-state index contributed by atoms with van der Waals surface area (Å²) in [5.74, 6) is -0.290. The number of carbonyl (C=O) groups excluding carboxylic acids is 1. The van der Waals surface area contributed by atoms with E-state index in [2.05, 4.69) is 11.4 Å². The molecule has 1 unspecified atom stereocenters. The molecule has 1 aromatic heterocycles. The zero-order valence-electron chi connectivity index (χ0n) is 16.4. The number of benzene rings is 2. The van der Waals surface area contributed by atoms with Gasteiger partial charge in [0.2, 0.25) is 0 Å². The Bertz CT molecular complexity index is 1170. The fourth-order valence-electron chi connectivity index (χ4n) is 3.98. The fourth-order valence-corrected chi connectivity index (χ4v) is 3.98. The van der Waals surface area contributed by atoms with Crippen molar-refractivity contribution < 1.29 is 18.0 Å². The summed E-state index contributed by atoms with van der Waals surface area (Å²) in [6, 6.07) is 15.4. The molecule has 3 aromatic rings. The van der Waals surface area contributed by atoms with Crippen molar-refractivity contribution >= 4 is 5.91 Å². The number of nitrogens with zero attached hydrogens (tertiary/aromatic N) is 2. The SMILES string of the molecule is N#Cc1ccc(-c2c(-c3cccc(C(F)(F)F)c3)cc3n2C(CCN)CNC3=O)cc1. The van der Waals surface area contributed by atoms with E-state index in [-0.39, 0.29) is 11.9 Å². The van der Waals surface area contributed by atoms with Crippen molar-refractivity contribution in [3.05, 3.63) is 71.4 Å². The second-order valence-corrected chi connectivity index (χ2v) is 7.37. The van der Waals surface area contributed by atoms with Gasteiger partial charge in [-0.15, -0.1) is 0 Å². The quantitative estimate of drug-likeness (QED) is 0.653. The lowest BCUT2D eigenvalue weighted by Gasteiger charge is -2.28. The second kappa shape index (κ2) is 7.93. The van der Waals surface area contributed by atoms with Crippen LogP contribution in [0.15, 0.2) is 54.6 Å². The Morgan fingerprint density at radius 1 is 1.13 bits per heavy atom. The van der Waals surface area contributed by atoms with E-state index in [1.165, 1.54) is 6.07 Å². The van der Waals surface area contributed by atoms with Crippen LogP contribution in [0.1, 0.15) is 34.1 Å². The smallest absolute Gasteiger partial charge is 0.349 e. The van der Waals surface area contributed by atoms with Gasteiger partial charge < -0.3 is 15.6 Å². The van der Waals surface area contributed by atoms with Gasteiger partial charge in [0.05, 0.1) is 28.9 Å². The van der Waals surface area contributed by atoms with Crippen molar-refractivity contribution in [3.8, 4) is 28.5 Å². The Labute approximate surface area is 176 Å². The first-order valence-corrected chi connectivity index (χ1v) is 9.75. The van der Waals surface area contributed by atoms with E-state index in [1.54, 1.807) is 36.4 Å². The zero-order valence-corrected chi connectivity index (χ0v) is 16.4. The lowest BCUT2D eigenvalue weighted by atomic mass is 9.98. The molecule has 0 saturated carbocycles. The lowest BCUT2D eigenvalue weighted by molar-refractivity contribution is -0.137. The maximum absolute atomic E-state index is 13.3. The van der Waals surface area contributed by atoms with E-state index in [9.17, 15) is 18.0 Å². The van der Waals surface area contributed by atoms with Crippen molar-refractivity contribution in [1.29, 1.82) is 5.26 Å². The highest BCUT2D eigenvalue weighted by molar-refractivity contribution is 5.98. The number of amides is 1. The Morgan fingerprint density at radius 2 is 1.87 bits per heavy atom. The molecule has 158 valence electrons. The largest absolute Gasteiger partial charge is 0.416 e. The lowest BCUT2D eigenvalue weighted by Crippen LogP contribution is -2.39. The summed E-state index contributed by atoms with van der Waals surface area (Å²) in [6.07, 6.45) is -3.89. The molecule has 5 nitrogen and oxygen atoms in total. The number of fused-ring (bicyclic) bond motifs is 1. The highest BCUT2D eigenvalue weighted by Crippen LogP contribution is 2.41. The predicted octanol–water partition coefficient (Wildman–Crippen LogP) is 4.35. The Hall–Kier alpha value is -3.57. The molecule has 0 spiro atoms. The highest BCUT2D eigenvalue weighted by atomic mass is 19.4. The van der Waals surface area contributed by atoms with Gasteiger partial charge in [-0.1, -0.05) is 24.3 Å². The molecule has 0 radical (unpaired) electrons. The number of halogens is 3. The summed E-state index contributed by atoms with van der Waals surface area (Å²) < 4.78 is 41.8. The Morgan fingerprint density at radius 3 is 2.52 bits per heavy atom. The zero-order chi connectivity index (χ0) is 22.2. The van der Waals surface area contributed by atoms with Crippen molar-refractivity contribution in [2.45, 2.75) is 18.6 Å². The molecule has 8 heteroatoms. The van der Waals surface area contributed by atoms with E-state index < -0.39 is 11.7 Å². The maximum atomic E-state index is 13.3. The van der Waals surface area contributed by atoms with Crippen molar-refractivity contribution in [2.75, 3.05) is 13.1 Å². The third kappa shape index (κ3) is 3.80. The average molecular weight is 424 g/mol. The van der Waals surface area contributed by atoms with Gasteiger partial charge in [0.15, 0.2) is 0 Å². The minimum absolute atomic E-state index is 0.136. The number of carbonyl (C=O) groups is 1. The fraction of sp³-hybridized carbons (Fsp3) is 0.217. The van der Waals surface area contributed by atoms with Gasteiger partial charge in [0.25, 0.3) is 5.91 Å². The van der Waals surface area contributed by atoms with E-state index in [1.807, 2.05) is 4.57 Å². The third-order valence-electron chi connectivity index (χ3n) is 5.42. The van der Waals surface area contributed by atoms with Crippen LogP contribution >= 0.6 is 0 Å². The van der Waals surface area contributed by atoms with Gasteiger partial charge in [-0.25, -0.2) is 0 Å². The minimum Gasteiger partial charge on any atom is -0.349 e. The van der Waals surface area contributed by atoms with E-state index in [0.717, 1.165) is 12.1 Å². The van der Waals surface area contributed by atoms with E-state index in [4.69, 9.17) is 11.0 Å². The molecule has 0 bridgehead atoms. The number of alkyl halides is 3. The summed E-state index contributed by atoms with van der Waals surface area (Å²) in [6.45, 7) is 0.771. The molecule has 2 aromatic carbocycles. The van der Waals surface area contributed by atoms with Crippen LogP contribution in [-0.2, 0) is 6.18 Å². The number of nitrogens with two attached hydrogens (primary N) is 1. The van der Waals surface area contributed by atoms with Gasteiger partial charge in [0, 0.05) is 12.1 Å². The van der Waals surface area contributed by atoms with Crippen molar-refractivity contribution in [1.82, 2.24) is 9.88 Å². The third-order valence-corrected chi connectivity index (χ3v) is 5.42. The van der Waals surface area contributed by atoms with Gasteiger partial charge >= 0.3 is 6.18 Å². The van der Waals surface area contributed by atoms with Crippen molar-refractivity contribution in [2.24, 2.45) is 5.73 Å². The van der Waals surface area contributed by atoms with Crippen LogP contribution in [0.3, 0.4) is 0 Å². The molecular formula is C23H19F3N4O. The number of nitrogens with one attached hydrogen (secondary N) is 1. The molecule has 4 rings (SSSR count). The highest BCUT2D eigenvalue weighted by Gasteiger charge is 2.33. The molecule has 3 N–H and O–H groups in total. The molecule has 0 fully saturated rings. The maximum Gasteiger partial charge on any atom is 0.416 e. The molecule has 0 saturated heterocycles. The number of hydrogen-bond acceptors (Lipinski definition) is 3. The van der Waals surface area contributed by atoms with Gasteiger partial charge in [-0.3, -0.25) is 4.79 Å². The number of nitriles is 1. The first-order valence-electron chi connectivity index (χ1n) is 9.75. The second-order valence-electron chi connectivity index (χ2n) is 7.37. The topological polar surface area (TPSA) is 83.8 Å². The Balaban J connectivity index is 1.98. The van der Waals surface area contributed by atoms with E-state index >= 15 is 0 Å². The Kier molecular flexibility index (Phi) is 5.29. The summed E-state index contributed by atoms with van der Waals surface area (Å²) >= 11 is 0. The first kappa shape index (κ1) is 20.7. The molecule has 1 amide bonds. The van der Waals surface area contributed by atoms with Crippen LogP contribution in [0, 0.1) is 11.3 Å². The van der Waals surface area contributed by atoms with Crippen LogP contribution in [0.2, 0.25) is 0 Å². The average Bonchev–Trinajstić information content (AvgIpc) is 3.17. The van der Waals surface area contributed by atoms with Crippen LogP contribution in [0.5, 0.6) is 0 Å². The molecule has 2 heterocycles. The first-order chi connectivity index (χ1) is 14.8. The molecule has 1 aliphatic rings. The van der Waals surface area contributed by atoms with Crippen LogP contribution in [0.25, 0.3) is 22.4 Å². The van der Waals surface area contributed by atoms with Crippen molar-refractivity contribution in [3.63, 3.8) is 0 Å². The number of rotatable bonds is 4. The molecular weight excluding hydrogens is 405 g/mol. The van der Waals surface area contributed by atoms with Crippen LogP contribution < -0.4 is 11.1 Å². The normalized spacial score (nSPS) is 15.8. The summed E-state index contributed by atoms with van der Waals surface area (Å²) in [5, 5.41) is 11.9. The number of hydrogen-bond donors (Lipinski definition) is 2. The number of aromatic nitrogens is 1. The monoisotopic (exact) mass is 424 g/mol. The van der Waals surface area contributed by atoms with E-state index in [0.29, 0.717) is 53.2 Å². The molecule has 0 aliphatic carbocycles. The van der Waals surface area contributed by atoms with Gasteiger partial charge in [-0.05, 0) is 54.4 Å². The van der Waals surface area contributed by atoms with Gasteiger partial charge in [-0.2, -0.15) is 18.4 Å². The summed E-state index contributed by atoms with van der Waals surface area (Å²) in [4.78, 5) is 12.6.